The molecular weight excluding hydrogens is 457 g/mol. The summed E-state index contributed by atoms with van der Waals surface area (Å²) in [6, 6.07) is 16.5. The van der Waals surface area contributed by atoms with Crippen molar-refractivity contribution in [1.82, 2.24) is 19.7 Å². The molecule has 1 fully saturated rings. The minimum Gasteiger partial charge on any atom is -0.303 e. The summed E-state index contributed by atoms with van der Waals surface area (Å²) >= 11 is 2.82. The zero-order valence-corrected chi connectivity index (χ0v) is 19.7. The quantitative estimate of drug-likeness (QED) is 0.312. The van der Waals surface area contributed by atoms with Crippen LogP contribution in [0, 0.1) is 12.7 Å². The molecule has 2 aromatic carbocycles. The summed E-state index contributed by atoms with van der Waals surface area (Å²) in [5.74, 6) is 0.786. The first-order chi connectivity index (χ1) is 16.1. The Morgan fingerprint density at radius 1 is 1.15 bits per heavy atom. The topological polar surface area (TPSA) is 63.9 Å². The molecule has 4 aromatic rings. The van der Waals surface area contributed by atoms with E-state index in [4.69, 9.17) is 4.98 Å². The maximum Gasteiger partial charge on any atom is 0.239 e. The molecule has 0 spiro atoms. The Bertz CT molecular complexity index is 1250. The Balaban J connectivity index is 1.37. The number of aryl methyl sites for hydroxylation is 1. The van der Waals surface area contributed by atoms with Crippen molar-refractivity contribution in [2.24, 2.45) is 0 Å². The SMILES string of the molecule is Cc1nnc(SCC(=O)N(Cc2ccccc2)c2nc(-c3ccc(F)cc3)cs2)n1C1CC1. The van der Waals surface area contributed by atoms with Crippen LogP contribution >= 0.6 is 23.1 Å². The molecule has 33 heavy (non-hydrogen) atoms. The lowest BCUT2D eigenvalue weighted by Gasteiger charge is -2.20. The average molecular weight is 480 g/mol. The molecule has 1 aliphatic rings. The van der Waals surface area contributed by atoms with Crippen molar-refractivity contribution < 1.29 is 9.18 Å². The number of nitrogens with zero attached hydrogens (tertiary/aromatic N) is 5. The van der Waals surface area contributed by atoms with Crippen LogP contribution in [0.4, 0.5) is 9.52 Å². The van der Waals surface area contributed by atoms with E-state index in [-0.39, 0.29) is 17.5 Å². The van der Waals surface area contributed by atoms with Gasteiger partial charge < -0.3 is 4.57 Å². The third kappa shape index (κ3) is 4.99. The number of carbonyl (C=O) groups is 1. The van der Waals surface area contributed by atoms with Crippen LogP contribution in [0.3, 0.4) is 0 Å². The molecule has 168 valence electrons. The number of aromatic nitrogens is 4. The van der Waals surface area contributed by atoms with Gasteiger partial charge >= 0.3 is 0 Å². The maximum atomic E-state index is 13.4. The predicted molar refractivity (Wildman–Crippen MR) is 129 cm³/mol. The lowest BCUT2D eigenvalue weighted by atomic mass is 10.2. The van der Waals surface area contributed by atoms with Gasteiger partial charge in [-0.2, -0.15) is 0 Å². The van der Waals surface area contributed by atoms with Crippen LogP contribution in [0.5, 0.6) is 0 Å². The van der Waals surface area contributed by atoms with Crippen LogP contribution < -0.4 is 4.90 Å². The van der Waals surface area contributed by atoms with E-state index in [1.54, 1.807) is 17.0 Å². The summed E-state index contributed by atoms with van der Waals surface area (Å²) in [6.45, 7) is 2.37. The van der Waals surface area contributed by atoms with Gasteiger partial charge in [-0.25, -0.2) is 9.37 Å². The third-order valence-electron chi connectivity index (χ3n) is 5.42. The zero-order valence-electron chi connectivity index (χ0n) is 18.0. The molecule has 1 saturated carbocycles. The highest BCUT2D eigenvalue weighted by Crippen LogP contribution is 2.38. The summed E-state index contributed by atoms with van der Waals surface area (Å²) in [6.07, 6.45) is 2.26. The van der Waals surface area contributed by atoms with E-state index in [2.05, 4.69) is 14.8 Å². The van der Waals surface area contributed by atoms with Crippen molar-refractivity contribution in [3.05, 3.63) is 77.2 Å². The van der Waals surface area contributed by atoms with Crippen molar-refractivity contribution in [3.63, 3.8) is 0 Å². The summed E-state index contributed by atoms with van der Waals surface area (Å²) in [4.78, 5) is 19.8. The van der Waals surface area contributed by atoms with Crippen LogP contribution in [-0.2, 0) is 11.3 Å². The number of benzene rings is 2. The fraction of sp³-hybridized carbons (Fsp3) is 0.250. The van der Waals surface area contributed by atoms with Gasteiger partial charge in [-0.05, 0) is 49.6 Å². The van der Waals surface area contributed by atoms with Crippen LogP contribution in [0.25, 0.3) is 11.3 Å². The van der Waals surface area contributed by atoms with Crippen molar-refractivity contribution in [2.75, 3.05) is 10.7 Å². The molecule has 0 unspecified atom stereocenters. The largest absolute Gasteiger partial charge is 0.303 e. The highest BCUT2D eigenvalue weighted by molar-refractivity contribution is 7.99. The number of thiazole rings is 1. The van der Waals surface area contributed by atoms with E-state index in [9.17, 15) is 9.18 Å². The number of halogens is 1. The second kappa shape index (κ2) is 9.44. The van der Waals surface area contributed by atoms with Gasteiger partial charge in [0.05, 0.1) is 18.0 Å². The highest BCUT2D eigenvalue weighted by atomic mass is 32.2. The minimum atomic E-state index is -0.290. The number of carbonyl (C=O) groups excluding carboxylic acids is 1. The number of anilines is 1. The first kappa shape index (κ1) is 21.8. The fourth-order valence-corrected chi connectivity index (χ4v) is 5.35. The lowest BCUT2D eigenvalue weighted by molar-refractivity contribution is -0.116. The third-order valence-corrected chi connectivity index (χ3v) is 7.21. The van der Waals surface area contributed by atoms with Gasteiger partial charge in [-0.3, -0.25) is 9.69 Å². The van der Waals surface area contributed by atoms with Crippen LogP contribution in [0.1, 0.15) is 30.3 Å². The monoisotopic (exact) mass is 479 g/mol. The number of hydrogen-bond donors (Lipinski definition) is 0. The molecule has 1 aliphatic carbocycles. The molecular formula is C24H22FN5OS2. The Kier molecular flexibility index (Phi) is 6.24. The molecule has 9 heteroatoms. The number of thioether (sulfide) groups is 1. The molecule has 0 radical (unpaired) electrons. The van der Waals surface area contributed by atoms with Gasteiger partial charge in [0, 0.05) is 17.0 Å². The second-order valence-electron chi connectivity index (χ2n) is 7.91. The minimum absolute atomic E-state index is 0.0492. The first-order valence-electron chi connectivity index (χ1n) is 10.7. The summed E-state index contributed by atoms with van der Waals surface area (Å²) in [5, 5.41) is 11.8. The lowest BCUT2D eigenvalue weighted by Crippen LogP contribution is -2.32. The summed E-state index contributed by atoms with van der Waals surface area (Å²) in [5.41, 5.74) is 2.55. The molecule has 2 aromatic heterocycles. The summed E-state index contributed by atoms with van der Waals surface area (Å²) in [7, 11) is 0. The van der Waals surface area contributed by atoms with E-state index in [1.165, 1.54) is 35.2 Å². The van der Waals surface area contributed by atoms with Crippen LogP contribution in [-0.4, -0.2) is 31.4 Å². The second-order valence-corrected chi connectivity index (χ2v) is 9.69. The predicted octanol–water partition coefficient (Wildman–Crippen LogP) is 5.51. The van der Waals surface area contributed by atoms with Gasteiger partial charge in [0.25, 0.3) is 0 Å². The highest BCUT2D eigenvalue weighted by Gasteiger charge is 2.29. The van der Waals surface area contributed by atoms with Crippen LogP contribution in [0.15, 0.2) is 65.1 Å². The maximum absolute atomic E-state index is 13.4. The van der Waals surface area contributed by atoms with Gasteiger partial charge in [0.2, 0.25) is 5.91 Å². The Labute approximate surface area is 199 Å². The van der Waals surface area contributed by atoms with Gasteiger partial charge in [0.1, 0.15) is 11.6 Å². The average Bonchev–Trinajstić information content (AvgIpc) is 3.42. The number of hydrogen-bond acceptors (Lipinski definition) is 6. The molecule has 1 amide bonds. The number of rotatable bonds is 8. The van der Waals surface area contributed by atoms with E-state index in [0.29, 0.717) is 17.7 Å². The molecule has 0 aliphatic heterocycles. The molecule has 0 saturated heterocycles. The smallest absolute Gasteiger partial charge is 0.239 e. The fourth-order valence-electron chi connectivity index (χ4n) is 3.58. The molecule has 0 N–H and O–H groups in total. The summed E-state index contributed by atoms with van der Waals surface area (Å²) < 4.78 is 15.4. The van der Waals surface area contributed by atoms with Gasteiger partial charge in [-0.15, -0.1) is 21.5 Å². The molecule has 0 atom stereocenters. The molecule has 5 rings (SSSR count). The van der Waals surface area contributed by atoms with Crippen LogP contribution in [0.2, 0.25) is 0 Å². The van der Waals surface area contributed by atoms with Crippen molar-refractivity contribution in [1.29, 1.82) is 0 Å². The van der Waals surface area contributed by atoms with E-state index < -0.39 is 0 Å². The van der Waals surface area contributed by atoms with Crippen molar-refractivity contribution in [2.45, 2.75) is 37.5 Å². The molecule has 6 nitrogen and oxygen atoms in total. The normalized spacial score (nSPS) is 13.3. The first-order valence-corrected chi connectivity index (χ1v) is 12.5. The number of amides is 1. The Hall–Kier alpha value is -3.04. The van der Waals surface area contributed by atoms with Gasteiger partial charge in [-0.1, -0.05) is 42.1 Å². The molecule has 0 bridgehead atoms. The van der Waals surface area contributed by atoms with E-state index in [1.807, 2.05) is 42.6 Å². The zero-order chi connectivity index (χ0) is 22.8. The van der Waals surface area contributed by atoms with Crippen molar-refractivity contribution in [3.8, 4) is 11.3 Å². The Morgan fingerprint density at radius 3 is 2.64 bits per heavy atom. The van der Waals surface area contributed by atoms with Gasteiger partial charge in [0.15, 0.2) is 10.3 Å². The van der Waals surface area contributed by atoms with E-state index in [0.717, 1.165) is 40.6 Å². The Morgan fingerprint density at radius 2 is 1.91 bits per heavy atom. The van der Waals surface area contributed by atoms with Crippen molar-refractivity contribution >= 4 is 34.1 Å². The molecule has 2 heterocycles. The standard InChI is InChI=1S/C24H22FN5OS2/c1-16-27-28-24(30(16)20-11-12-20)33-15-22(31)29(13-17-5-3-2-4-6-17)23-26-21(14-32-23)18-7-9-19(25)10-8-18/h2-10,14,20H,11-13,15H2,1H3. The van der Waals surface area contributed by atoms with E-state index >= 15 is 0 Å².